The van der Waals surface area contributed by atoms with Crippen molar-refractivity contribution in [1.29, 1.82) is 0 Å². The van der Waals surface area contributed by atoms with Crippen molar-refractivity contribution < 1.29 is 13.2 Å². The Labute approximate surface area is 103 Å². The number of sulfonamides is 1. The van der Waals surface area contributed by atoms with E-state index in [1.807, 2.05) is 20.8 Å². The second-order valence-corrected chi connectivity index (χ2v) is 5.77. The van der Waals surface area contributed by atoms with Gasteiger partial charge in [-0.05, 0) is 38.0 Å². The number of hydrogen-bond acceptors (Lipinski definition) is 3. The van der Waals surface area contributed by atoms with E-state index in [1.165, 1.54) is 7.11 Å². The lowest BCUT2D eigenvalue weighted by Gasteiger charge is -2.14. The highest BCUT2D eigenvalue weighted by Gasteiger charge is 2.20. The van der Waals surface area contributed by atoms with Crippen molar-refractivity contribution >= 4 is 10.0 Å². The highest BCUT2D eigenvalue weighted by molar-refractivity contribution is 7.89. The summed E-state index contributed by atoms with van der Waals surface area (Å²) >= 11 is 0. The Morgan fingerprint density at radius 3 is 2.59 bits per heavy atom. The summed E-state index contributed by atoms with van der Waals surface area (Å²) < 4.78 is 31.9. The molecule has 4 nitrogen and oxygen atoms in total. The molecular weight excluding hydrogens is 238 g/mol. The third kappa shape index (κ3) is 3.44. The summed E-state index contributed by atoms with van der Waals surface area (Å²) in [4.78, 5) is 0.186. The maximum absolute atomic E-state index is 12.1. The molecule has 0 aliphatic heterocycles. The SMILES string of the molecule is CC[C@@H](C)NS(=O)(=O)c1ccc(C)cc1OC. The Balaban J connectivity index is 3.15. The maximum atomic E-state index is 12.1. The van der Waals surface area contributed by atoms with Gasteiger partial charge in [0.15, 0.2) is 0 Å². The van der Waals surface area contributed by atoms with Gasteiger partial charge in [0.1, 0.15) is 10.6 Å². The van der Waals surface area contributed by atoms with Gasteiger partial charge in [0, 0.05) is 6.04 Å². The first-order valence-electron chi connectivity index (χ1n) is 5.57. The first-order valence-corrected chi connectivity index (χ1v) is 7.06. The molecule has 0 aliphatic carbocycles. The van der Waals surface area contributed by atoms with Crippen LogP contribution >= 0.6 is 0 Å². The maximum Gasteiger partial charge on any atom is 0.244 e. The lowest BCUT2D eigenvalue weighted by atomic mass is 10.2. The van der Waals surface area contributed by atoms with Crippen LogP contribution in [0.15, 0.2) is 23.1 Å². The Morgan fingerprint density at radius 1 is 1.41 bits per heavy atom. The number of benzene rings is 1. The molecule has 0 saturated heterocycles. The molecule has 0 aromatic heterocycles. The summed E-state index contributed by atoms with van der Waals surface area (Å²) in [6.45, 7) is 5.65. The van der Waals surface area contributed by atoms with Gasteiger partial charge in [-0.15, -0.1) is 0 Å². The van der Waals surface area contributed by atoms with E-state index in [2.05, 4.69) is 4.72 Å². The summed E-state index contributed by atoms with van der Waals surface area (Å²) in [5.41, 5.74) is 0.962. The topological polar surface area (TPSA) is 55.4 Å². The average Bonchev–Trinajstić information content (AvgIpc) is 2.27. The molecule has 1 aromatic carbocycles. The summed E-state index contributed by atoms with van der Waals surface area (Å²) in [7, 11) is -2.04. The molecule has 0 radical (unpaired) electrons. The van der Waals surface area contributed by atoms with Gasteiger partial charge in [-0.2, -0.15) is 0 Å². The van der Waals surface area contributed by atoms with E-state index in [9.17, 15) is 8.42 Å². The summed E-state index contributed by atoms with van der Waals surface area (Å²) in [5.74, 6) is 0.376. The largest absolute Gasteiger partial charge is 0.495 e. The van der Waals surface area contributed by atoms with E-state index < -0.39 is 10.0 Å². The van der Waals surface area contributed by atoms with Gasteiger partial charge < -0.3 is 4.74 Å². The minimum Gasteiger partial charge on any atom is -0.495 e. The monoisotopic (exact) mass is 257 g/mol. The number of ether oxygens (including phenoxy) is 1. The summed E-state index contributed by atoms with van der Waals surface area (Å²) in [6.07, 6.45) is 0.743. The van der Waals surface area contributed by atoms with E-state index >= 15 is 0 Å². The highest BCUT2D eigenvalue weighted by Crippen LogP contribution is 2.24. The van der Waals surface area contributed by atoms with Crippen molar-refractivity contribution in [3.8, 4) is 5.75 Å². The van der Waals surface area contributed by atoms with Crippen molar-refractivity contribution in [3.63, 3.8) is 0 Å². The molecule has 1 aromatic rings. The second kappa shape index (κ2) is 5.51. The third-order valence-electron chi connectivity index (χ3n) is 2.58. The van der Waals surface area contributed by atoms with Gasteiger partial charge >= 0.3 is 0 Å². The molecule has 1 atom stereocenters. The fourth-order valence-corrected chi connectivity index (χ4v) is 2.89. The Hall–Kier alpha value is -1.07. The Morgan fingerprint density at radius 2 is 2.06 bits per heavy atom. The standard InChI is InChI=1S/C12H19NO3S/c1-5-10(3)13-17(14,15)12-7-6-9(2)8-11(12)16-4/h6-8,10,13H,5H2,1-4H3/t10-/m1/s1. The Bertz CT molecular complexity index is 483. The van der Waals surface area contributed by atoms with Crippen LogP contribution in [0.4, 0.5) is 0 Å². The molecule has 0 bridgehead atoms. The van der Waals surface area contributed by atoms with Crippen LogP contribution in [0.2, 0.25) is 0 Å². The number of hydrogen-bond donors (Lipinski definition) is 1. The molecular formula is C12H19NO3S. The summed E-state index contributed by atoms with van der Waals surface area (Å²) in [6, 6.07) is 4.95. The molecule has 0 heterocycles. The van der Waals surface area contributed by atoms with Gasteiger partial charge in [0.2, 0.25) is 10.0 Å². The van der Waals surface area contributed by atoms with Crippen molar-refractivity contribution in [1.82, 2.24) is 4.72 Å². The van der Waals surface area contributed by atoms with Crippen molar-refractivity contribution in [2.24, 2.45) is 0 Å². The number of rotatable bonds is 5. The third-order valence-corrected chi connectivity index (χ3v) is 4.21. The number of aryl methyl sites for hydroxylation is 1. The molecule has 1 N–H and O–H groups in total. The second-order valence-electron chi connectivity index (χ2n) is 4.08. The number of methoxy groups -OCH3 is 1. The molecule has 1 rings (SSSR count). The van der Waals surface area contributed by atoms with Gasteiger partial charge in [0.25, 0.3) is 0 Å². The van der Waals surface area contributed by atoms with E-state index in [0.29, 0.717) is 5.75 Å². The zero-order valence-electron chi connectivity index (χ0n) is 10.6. The van der Waals surface area contributed by atoms with Gasteiger partial charge in [-0.1, -0.05) is 13.0 Å². The fraction of sp³-hybridized carbons (Fsp3) is 0.500. The molecule has 0 amide bonds. The van der Waals surface area contributed by atoms with Crippen molar-refractivity contribution in [2.75, 3.05) is 7.11 Å². The molecule has 0 aliphatic rings. The van der Waals surface area contributed by atoms with Gasteiger partial charge in [-0.25, -0.2) is 13.1 Å². The molecule has 0 saturated carbocycles. The molecule has 96 valence electrons. The van der Waals surface area contributed by atoms with Crippen LogP contribution in [0.5, 0.6) is 5.75 Å². The van der Waals surface area contributed by atoms with Crippen LogP contribution in [-0.4, -0.2) is 21.6 Å². The predicted molar refractivity (Wildman–Crippen MR) is 67.8 cm³/mol. The van der Waals surface area contributed by atoms with Crippen LogP contribution in [0, 0.1) is 6.92 Å². The quantitative estimate of drug-likeness (QED) is 0.878. The van der Waals surface area contributed by atoms with Gasteiger partial charge in [0.05, 0.1) is 7.11 Å². The molecule has 0 spiro atoms. The first kappa shape index (κ1) is 14.0. The molecule has 0 unspecified atom stereocenters. The Kier molecular flexibility index (Phi) is 4.54. The van der Waals surface area contributed by atoms with Crippen LogP contribution in [0.25, 0.3) is 0 Å². The van der Waals surface area contributed by atoms with Crippen LogP contribution in [-0.2, 0) is 10.0 Å². The molecule has 0 fully saturated rings. The van der Waals surface area contributed by atoms with E-state index in [0.717, 1.165) is 12.0 Å². The van der Waals surface area contributed by atoms with Gasteiger partial charge in [-0.3, -0.25) is 0 Å². The van der Waals surface area contributed by atoms with Crippen molar-refractivity contribution in [3.05, 3.63) is 23.8 Å². The van der Waals surface area contributed by atoms with E-state index in [1.54, 1.807) is 18.2 Å². The minimum atomic E-state index is -3.51. The predicted octanol–water partition coefficient (Wildman–Crippen LogP) is 2.08. The van der Waals surface area contributed by atoms with Crippen LogP contribution < -0.4 is 9.46 Å². The normalized spacial score (nSPS) is 13.4. The fourth-order valence-electron chi connectivity index (χ4n) is 1.41. The molecule has 5 heteroatoms. The zero-order chi connectivity index (χ0) is 13.1. The van der Waals surface area contributed by atoms with Crippen molar-refractivity contribution in [2.45, 2.75) is 38.1 Å². The summed E-state index contributed by atoms with van der Waals surface area (Å²) in [5, 5.41) is 0. The molecule has 17 heavy (non-hydrogen) atoms. The van der Waals surface area contributed by atoms with E-state index in [4.69, 9.17) is 4.74 Å². The first-order chi connectivity index (χ1) is 7.90. The lowest BCUT2D eigenvalue weighted by Crippen LogP contribution is -2.32. The smallest absolute Gasteiger partial charge is 0.244 e. The number of nitrogens with one attached hydrogen (secondary N) is 1. The average molecular weight is 257 g/mol. The zero-order valence-corrected chi connectivity index (χ0v) is 11.5. The van der Waals surface area contributed by atoms with Crippen LogP contribution in [0.1, 0.15) is 25.8 Å². The van der Waals surface area contributed by atoms with Crippen LogP contribution in [0.3, 0.4) is 0 Å². The highest BCUT2D eigenvalue weighted by atomic mass is 32.2. The van der Waals surface area contributed by atoms with E-state index in [-0.39, 0.29) is 10.9 Å². The lowest BCUT2D eigenvalue weighted by molar-refractivity contribution is 0.401. The minimum absolute atomic E-state index is 0.0917.